The highest BCUT2D eigenvalue weighted by Gasteiger charge is 2.27. The first kappa shape index (κ1) is 24.9. The lowest BCUT2D eigenvalue weighted by Gasteiger charge is -2.31. The summed E-state index contributed by atoms with van der Waals surface area (Å²) in [6.45, 7) is 2.78. The fourth-order valence-corrected chi connectivity index (χ4v) is 5.52. The Bertz CT molecular complexity index is 1650. The molecule has 2 aromatic carbocycles. The molecular formula is C29H33N9O. The maximum Gasteiger partial charge on any atom is 0.236 e. The highest BCUT2D eigenvalue weighted by Crippen LogP contribution is 2.38. The van der Waals surface area contributed by atoms with E-state index in [9.17, 15) is 4.79 Å². The van der Waals surface area contributed by atoms with Gasteiger partial charge in [-0.05, 0) is 55.3 Å². The van der Waals surface area contributed by atoms with Crippen LogP contribution < -0.4 is 11.5 Å². The second-order valence-corrected chi connectivity index (χ2v) is 10.5. The summed E-state index contributed by atoms with van der Waals surface area (Å²) in [5.41, 5.74) is 18.7. The van der Waals surface area contributed by atoms with Gasteiger partial charge in [-0.2, -0.15) is 10.2 Å². The summed E-state index contributed by atoms with van der Waals surface area (Å²) in [5.74, 6) is 1.52. The molecule has 0 spiro atoms. The molecule has 3 aromatic heterocycles. The summed E-state index contributed by atoms with van der Waals surface area (Å²) in [6.07, 6.45) is 3.39. The standard InChI is InChI=1S/C29H33N9O/c1-35(2)26(39)17-36-12-10-20(11-13-36)25-15-23(27-28(30)32-18-33-38(25)27)21-8-9-22-24(14-21)34-37(29(22)31)16-19-6-4-3-5-7-19/h3-9,14-15,18,20H,10-13,16-17,31H2,1-2H3,(H2,30,32,33). The number of rotatable bonds is 6. The normalized spacial score (nSPS) is 14.8. The SMILES string of the molecule is CN(C)C(=O)CN1CCC(c2cc(-c3ccc4c(N)n(Cc5ccccc5)nc4c3)c3c(N)ncnn23)CC1. The molecule has 39 heavy (non-hydrogen) atoms. The maximum absolute atomic E-state index is 12.2. The number of aromatic nitrogens is 5. The number of carbonyl (C=O) groups is 1. The Morgan fingerprint density at radius 1 is 1.05 bits per heavy atom. The summed E-state index contributed by atoms with van der Waals surface area (Å²) in [4.78, 5) is 20.3. The monoisotopic (exact) mass is 523 g/mol. The van der Waals surface area contributed by atoms with Crippen LogP contribution in [0.4, 0.5) is 11.6 Å². The summed E-state index contributed by atoms with van der Waals surface area (Å²) < 4.78 is 3.79. The lowest BCUT2D eigenvalue weighted by Crippen LogP contribution is -2.40. The molecule has 1 amide bonds. The summed E-state index contributed by atoms with van der Waals surface area (Å²) >= 11 is 0. The van der Waals surface area contributed by atoms with Gasteiger partial charge in [0.15, 0.2) is 5.82 Å². The van der Waals surface area contributed by atoms with Crippen LogP contribution in [0, 0.1) is 0 Å². The van der Waals surface area contributed by atoms with E-state index in [0.29, 0.717) is 30.6 Å². The zero-order chi connectivity index (χ0) is 27.1. The number of hydrogen-bond donors (Lipinski definition) is 2. The van der Waals surface area contributed by atoms with Crippen LogP contribution in [0.5, 0.6) is 0 Å². The average Bonchev–Trinajstić information content (AvgIpc) is 3.48. The molecule has 10 heteroatoms. The van der Waals surface area contributed by atoms with Crippen LogP contribution in [0.1, 0.15) is 30.0 Å². The number of hydrogen-bond acceptors (Lipinski definition) is 7. The molecular weight excluding hydrogens is 490 g/mol. The smallest absolute Gasteiger partial charge is 0.236 e. The summed E-state index contributed by atoms with van der Waals surface area (Å²) in [5, 5.41) is 10.3. The maximum atomic E-state index is 12.2. The number of nitrogens with zero attached hydrogens (tertiary/aromatic N) is 7. The fourth-order valence-electron chi connectivity index (χ4n) is 5.52. The minimum atomic E-state index is 0.131. The third kappa shape index (κ3) is 4.67. The number of likely N-dealkylation sites (tertiary alicyclic amines) is 1. The number of benzene rings is 2. The quantitative estimate of drug-likeness (QED) is 0.350. The lowest BCUT2D eigenvalue weighted by molar-refractivity contribution is -0.130. The van der Waals surface area contributed by atoms with Gasteiger partial charge in [-0.25, -0.2) is 14.2 Å². The number of anilines is 2. The van der Waals surface area contributed by atoms with E-state index < -0.39 is 0 Å². The van der Waals surface area contributed by atoms with Crippen molar-refractivity contribution in [2.75, 3.05) is 45.2 Å². The van der Waals surface area contributed by atoms with Crippen molar-refractivity contribution in [2.24, 2.45) is 0 Å². The molecule has 0 saturated carbocycles. The average molecular weight is 524 g/mol. The van der Waals surface area contributed by atoms with Crippen molar-refractivity contribution in [1.82, 2.24) is 34.2 Å². The van der Waals surface area contributed by atoms with Crippen LogP contribution in [-0.2, 0) is 11.3 Å². The molecule has 6 rings (SSSR count). The molecule has 1 fully saturated rings. The molecule has 200 valence electrons. The van der Waals surface area contributed by atoms with Crippen molar-refractivity contribution in [2.45, 2.75) is 25.3 Å². The van der Waals surface area contributed by atoms with E-state index in [1.165, 1.54) is 6.33 Å². The van der Waals surface area contributed by atoms with Gasteiger partial charge in [-0.3, -0.25) is 9.69 Å². The molecule has 5 aromatic rings. The molecule has 1 saturated heterocycles. The van der Waals surface area contributed by atoms with Crippen molar-refractivity contribution in [3.05, 3.63) is 72.2 Å². The first-order chi connectivity index (χ1) is 18.9. The second-order valence-electron chi connectivity index (χ2n) is 10.5. The first-order valence-corrected chi connectivity index (χ1v) is 13.2. The van der Waals surface area contributed by atoms with E-state index in [4.69, 9.17) is 16.6 Å². The van der Waals surface area contributed by atoms with Crippen LogP contribution in [0.2, 0.25) is 0 Å². The summed E-state index contributed by atoms with van der Waals surface area (Å²) in [6, 6.07) is 18.5. The van der Waals surface area contributed by atoms with Crippen LogP contribution in [0.25, 0.3) is 27.5 Å². The van der Waals surface area contributed by atoms with Gasteiger partial charge >= 0.3 is 0 Å². The van der Waals surface area contributed by atoms with Crippen molar-refractivity contribution in [3.63, 3.8) is 0 Å². The van der Waals surface area contributed by atoms with Crippen LogP contribution in [0.15, 0.2) is 60.9 Å². The topological polar surface area (TPSA) is 124 Å². The number of amides is 1. The largest absolute Gasteiger partial charge is 0.383 e. The minimum Gasteiger partial charge on any atom is -0.383 e. The number of piperidine rings is 1. The second kappa shape index (κ2) is 10.0. The molecule has 0 aliphatic carbocycles. The predicted molar refractivity (Wildman–Crippen MR) is 153 cm³/mol. The summed E-state index contributed by atoms with van der Waals surface area (Å²) in [7, 11) is 3.60. The van der Waals surface area contributed by atoms with Gasteiger partial charge in [0.05, 0.1) is 18.6 Å². The van der Waals surface area contributed by atoms with E-state index in [0.717, 1.165) is 64.7 Å². The molecule has 4 heterocycles. The zero-order valence-electron chi connectivity index (χ0n) is 22.3. The Morgan fingerprint density at radius 2 is 1.82 bits per heavy atom. The Labute approximate surface area is 226 Å². The molecule has 1 aliphatic rings. The Morgan fingerprint density at radius 3 is 2.56 bits per heavy atom. The Hall–Kier alpha value is -4.44. The van der Waals surface area contributed by atoms with Crippen LogP contribution in [0.3, 0.4) is 0 Å². The third-order valence-corrected chi connectivity index (χ3v) is 7.74. The van der Waals surface area contributed by atoms with E-state index in [-0.39, 0.29) is 5.91 Å². The molecule has 0 unspecified atom stereocenters. The minimum absolute atomic E-state index is 0.131. The number of likely N-dealkylation sites (N-methyl/N-ethyl adjacent to an activating group) is 1. The highest BCUT2D eigenvalue weighted by molar-refractivity contribution is 5.96. The van der Waals surface area contributed by atoms with Crippen molar-refractivity contribution >= 4 is 34.0 Å². The Balaban J connectivity index is 1.33. The van der Waals surface area contributed by atoms with E-state index in [1.807, 2.05) is 33.5 Å². The fraction of sp³-hybridized carbons (Fsp3) is 0.310. The lowest BCUT2D eigenvalue weighted by atomic mass is 9.93. The third-order valence-electron chi connectivity index (χ3n) is 7.74. The van der Waals surface area contributed by atoms with E-state index in [1.54, 1.807) is 19.0 Å². The highest BCUT2D eigenvalue weighted by atomic mass is 16.2. The van der Waals surface area contributed by atoms with Gasteiger partial charge in [0.1, 0.15) is 17.7 Å². The van der Waals surface area contributed by atoms with Gasteiger partial charge in [-0.1, -0.05) is 36.4 Å². The van der Waals surface area contributed by atoms with E-state index in [2.05, 4.69) is 45.3 Å². The van der Waals surface area contributed by atoms with Gasteiger partial charge in [-0.15, -0.1) is 0 Å². The van der Waals surface area contributed by atoms with Crippen molar-refractivity contribution in [1.29, 1.82) is 0 Å². The van der Waals surface area contributed by atoms with Crippen LogP contribution >= 0.6 is 0 Å². The number of fused-ring (bicyclic) bond motifs is 2. The zero-order valence-corrected chi connectivity index (χ0v) is 22.3. The van der Waals surface area contributed by atoms with Crippen molar-refractivity contribution in [3.8, 4) is 11.1 Å². The first-order valence-electron chi connectivity index (χ1n) is 13.2. The van der Waals surface area contributed by atoms with Gasteiger partial charge in [0, 0.05) is 36.7 Å². The molecule has 0 bridgehead atoms. The molecule has 10 nitrogen and oxygen atoms in total. The van der Waals surface area contributed by atoms with Crippen LogP contribution in [-0.4, -0.2) is 73.8 Å². The molecule has 0 atom stereocenters. The number of nitrogens with two attached hydrogens (primary N) is 2. The Kier molecular flexibility index (Phi) is 6.40. The molecule has 1 aliphatic heterocycles. The van der Waals surface area contributed by atoms with Gasteiger partial charge < -0.3 is 16.4 Å². The van der Waals surface area contributed by atoms with Gasteiger partial charge in [0.2, 0.25) is 5.91 Å². The molecule has 4 N–H and O–H groups in total. The van der Waals surface area contributed by atoms with Gasteiger partial charge in [0.25, 0.3) is 0 Å². The van der Waals surface area contributed by atoms with Crippen molar-refractivity contribution < 1.29 is 4.79 Å². The predicted octanol–water partition coefficient (Wildman–Crippen LogP) is 3.23. The number of carbonyl (C=O) groups excluding carboxylic acids is 1. The van der Waals surface area contributed by atoms with E-state index >= 15 is 0 Å². The number of nitrogen functional groups attached to an aromatic ring is 2. The molecule has 0 radical (unpaired) electrons.